The molecule has 0 amide bonds. The molecule has 92 valence electrons. The quantitative estimate of drug-likeness (QED) is 0.666. The Hall–Kier alpha value is -0.0400. The number of hydrogen-bond donors (Lipinski definition) is 1. The van der Waals surface area contributed by atoms with Crippen molar-refractivity contribution in [3.63, 3.8) is 0 Å². The molecule has 0 spiro atoms. The van der Waals surface area contributed by atoms with Crippen molar-refractivity contribution >= 4 is 0 Å². The Bertz CT molecular complexity index is 144. The van der Waals surface area contributed by atoms with Crippen molar-refractivity contribution in [2.45, 2.75) is 79.2 Å². The van der Waals surface area contributed by atoms with Crippen molar-refractivity contribution in [2.24, 2.45) is 11.3 Å². The van der Waals surface area contributed by atoms with E-state index in [0.29, 0.717) is 5.41 Å². The monoisotopic (exact) mass is 214 g/mol. The molecule has 0 aromatic heterocycles. The molecule has 0 unspecified atom stereocenters. The smallest absolute Gasteiger partial charge is 0.0540 e. The molecule has 0 radical (unpaired) electrons. The number of rotatable bonds is 7. The summed E-state index contributed by atoms with van der Waals surface area (Å²) in [6, 6.07) is 0. The molecule has 0 rings (SSSR count). The first-order chi connectivity index (χ1) is 6.81. The third-order valence-corrected chi connectivity index (χ3v) is 2.78. The van der Waals surface area contributed by atoms with Gasteiger partial charge in [0.2, 0.25) is 0 Å². The van der Waals surface area contributed by atoms with Crippen molar-refractivity contribution in [1.82, 2.24) is 0 Å². The van der Waals surface area contributed by atoms with Gasteiger partial charge >= 0.3 is 0 Å². The lowest BCUT2D eigenvalue weighted by molar-refractivity contribution is 0.141. The molecule has 0 fully saturated rings. The maximum atomic E-state index is 9.76. The minimum atomic E-state index is -0.0638. The zero-order valence-corrected chi connectivity index (χ0v) is 11.3. The van der Waals surface area contributed by atoms with Gasteiger partial charge in [0, 0.05) is 0 Å². The molecule has 0 aliphatic rings. The molecule has 0 bridgehead atoms. The summed E-state index contributed by atoms with van der Waals surface area (Å²) < 4.78 is 0. The Labute approximate surface area is 96.3 Å². The Morgan fingerprint density at radius 1 is 0.933 bits per heavy atom. The average molecular weight is 214 g/mol. The molecular formula is C14H30O. The van der Waals surface area contributed by atoms with Gasteiger partial charge in [0.15, 0.2) is 0 Å². The van der Waals surface area contributed by atoms with Crippen molar-refractivity contribution < 1.29 is 5.11 Å². The fourth-order valence-electron chi connectivity index (χ4n) is 1.77. The van der Waals surface area contributed by atoms with E-state index in [4.69, 9.17) is 0 Å². The lowest BCUT2D eigenvalue weighted by Gasteiger charge is -2.19. The van der Waals surface area contributed by atoms with Crippen LogP contribution in [-0.4, -0.2) is 11.2 Å². The van der Waals surface area contributed by atoms with Crippen LogP contribution in [0.5, 0.6) is 0 Å². The molecule has 0 aliphatic heterocycles. The summed E-state index contributed by atoms with van der Waals surface area (Å²) in [6.45, 7) is 11.3. The molecule has 0 aliphatic carbocycles. The predicted octanol–water partition coefficient (Wildman–Crippen LogP) is 4.39. The van der Waals surface area contributed by atoms with Gasteiger partial charge in [-0.25, -0.2) is 0 Å². The van der Waals surface area contributed by atoms with E-state index in [1.165, 1.54) is 19.3 Å². The van der Waals surface area contributed by atoms with Gasteiger partial charge in [-0.15, -0.1) is 0 Å². The summed E-state index contributed by atoms with van der Waals surface area (Å²) in [6.07, 6.45) is 6.70. The lowest BCUT2D eigenvalue weighted by Crippen LogP contribution is -2.10. The maximum Gasteiger partial charge on any atom is 0.0540 e. The highest BCUT2D eigenvalue weighted by atomic mass is 16.3. The lowest BCUT2D eigenvalue weighted by atomic mass is 9.89. The second-order valence-electron chi connectivity index (χ2n) is 6.43. The summed E-state index contributed by atoms with van der Waals surface area (Å²) in [5, 5.41) is 9.76. The molecule has 1 nitrogen and oxygen atoms in total. The van der Waals surface area contributed by atoms with Crippen molar-refractivity contribution in [3.05, 3.63) is 0 Å². The van der Waals surface area contributed by atoms with Gasteiger partial charge in [-0.05, 0) is 30.6 Å². The fraction of sp³-hybridized carbons (Fsp3) is 1.00. The van der Waals surface area contributed by atoms with Gasteiger partial charge in [0.05, 0.1) is 6.10 Å². The third-order valence-electron chi connectivity index (χ3n) is 2.78. The number of aliphatic hydroxyl groups excluding tert-OH is 1. The highest BCUT2D eigenvalue weighted by Crippen LogP contribution is 2.22. The van der Waals surface area contributed by atoms with E-state index in [9.17, 15) is 5.11 Å². The number of hydrogen-bond acceptors (Lipinski definition) is 1. The van der Waals surface area contributed by atoms with E-state index in [2.05, 4.69) is 34.6 Å². The van der Waals surface area contributed by atoms with E-state index in [0.717, 1.165) is 25.2 Å². The first-order valence-corrected chi connectivity index (χ1v) is 6.49. The van der Waals surface area contributed by atoms with Crippen LogP contribution in [0.15, 0.2) is 0 Å². The molecule has 1 heteroatoms. The maximum absolute atomic E-state index is 9.76. The molecule has 15 heavy (non-hydrogen) atoms. The van der Waals surface area contributed by atoms with Gasteiger partial charge in [-0.3, -0.25) is 0 Å². The predicted molar refractivity (Wildman–Crippen MR) is 68.0 cm³/mol. The molecule has 0 saturated heterocycles. The van der Waals surface area contributed by atoms with Crippen LogP contribution in [0.4, 0.5) is 0 Å². The Balaban J connectivity index is 3.37. The third kappa shape index (κ3) is 11.9. The average Bonchev–Trinajstić information content (AvgIpc) is 2.00. The van der Waals surface area contributed by atoms with E-state index in [1.807, 2.05) is 0 Å². The molecule has 0 aromatic carbocycles. The molecule has 1 N–H and O–H groups in total. The molecule has 0 heterocycles. The topological polar surface area (TPSA) is 20.2 Å². The molecular weight excluding hydrogens is 184 g/mol. The Morgan fingerprint density at radius 2 is 1.47 bits per heavy atom. The van der Waals surface area contributed by atoms with Crippen LogP contribution < -0.4 is 0 Å². The largest absolute Gasteiger partial charge is 0.393 e. The zero-order chi connectivity index (χ0) is 11.9. The number of aliphatic hydroxyl groups is 1. The van der Waals surface area contributed by atoms with Crippen LogP contribution in [0, 0.1) is 11.3 Å². The van der Waals surface area contributed by atoms with Gasteiger partial charge < -0.3 is 5.11 Å². The molecule has 1 atom stereocenters. The highest BCUT2D eigenvalue weighted by molar-refractivity contribution is 4.64. The molecule has 0 aromatic rings. The highest BCUT2D eigenvalue weighted by Gasteiger charge is 2.11. The second kappa shape index (κ2) is 7.27. The SMILES string of the molecule is CC(C)CCC[C@H](O)CCCC(C)(C)C. The van der Waals surface area contributed by atoms with Crippen LogP contribution in [0.25, 0.3) is 0 Å². The van der Waals surface area contributed by atoms with Gasteiger partial charge in [0.25, 0.3) is 0 Å². The fourth-order valence-corrected chi connectivity index (χ4v) is 1.77. The molecule has 0 saturated carbocycles. The van der Waals surface area contributed by atoms with Crippen LogP contribution in [0.2, 0.25) is 0 Å². The van der Waals surface area contributed by atoms with Gasteiger partial charge in [-0.1, -0.05) is 53.9 Å². The summed E-state index contributed by atoms with van der Waals surface area (Å²) in [5.74, 6) is 0.770. The van der Waals surface area contributed by atoms with Crippen molar-refractivity contribution in [2.75, 3.05) is 0 Å². The summed E-state index contributed by atoms with van der Waals surface area (Å²) in [7, 11) is 0. The van der Waals surface area contributed by atoms with E-state index in [1.54, 1.807) is 0 Å². The van der Waals surface area contributed by atoms with Crippen molar-refractivity contribution in [3.8, 4) is 0 Å². The van der Waals surface area contributed by atoms with Crippen molar-refractivity contribution in [1.29, 1.82) is 0 Å². The van der Waals surface area contributed by atoms with Crippen LogP contribution in [-0.2, 0) is 0 Å². The van der Waals surface area contributed by atoms with E-state index in [-0.39, 0.29) is 6.10 Å². The standard InChI is InChI=1S/C14H30O/c1-12(2)8-6-9-13(15)10-7-11-14(3,4)5/h12-13,15H,6-11H2,1-5H3/t13-/m0/s1. The summed E-state index contributed by atoms with van der Waals surface area (Å²) >= 11 is 0. The Kier molecular flexibility index (Phi) is 7.25. The van der Waals surface area contributed by atoms with Gasteiger partial charge in [0.1, 0.15) is 0 Å². The van der Waals surface area contributed by atoms with E-state index >= 15 is 0 Å². The van der Waals surface area contributed by atoms with Crippen LogP contribution in [0.1, 0.15) is 73.1 Å². The normalized spacial score (nSPS) is 14.6. The first-order valence-electron chi connectivity index (χ1n) is 6.49. The minimum Gasteiger partial charge on any atom is -0.393 e. The Morgan fingerprint density at radius 3 is 1.93 bits per heavy atom. The zero-order valence-electron chi connectivity index (χ0n) is 11.3. The van der Waals surface area contributed by atoms with Crippen LogP contribution in [0.3, 0.4) is 0 Å². The van der Waals surface area contributed by atoms with Crippen LogP contribution >= 0.6 is 0 Å². The summed E-state index contributed by atoms with van der Waals surface area (Å²) in [4.78, 5) is 0. The van der Waals surface area contributed by atoms with E-state index < -0.39 is 0 Å². The van der Waals surface area contributed by atoms with Gasteiger partial charge in [-0.2, -0.15) is 0 Å². The minimum absolute atomic E-state index is 0.0638. The second-order valence-corrected chi connectivity index (χ2v) is 6.43. The first kappa shape index (κ1) is 15.0. The summed E-state index contributed by atoms with van der Waals surface area (Å²) in [5.41, 5.74) is 0.414.